The lowest BCUT2D eigenvalue weighted by atomic mass is 9.98. The summed E-state index contributed by atoms with van der Waals surface area (Å²) in [5.74, 6) is -2.93. The fraction of sp³-hybridized carbons (Fsp3) is 0.278. The molecule has 0 atom stereocenters. The van der Waals surface area contributed by atoms with E-state index in [0.29, 0.717) is 16.8 Å². The molecule has 144 valence electrons. The number of carbonyl (C=O) groups excluding carboxylic acids is 1. The predicted molar refractivity (Wildman–Crippen MR) is 94.9 cm³/mol. The van der Waals surface area contributed by atoms with Crippen molar-refractivity contribution in [2.75, 3.05) is 13.1 Å². The molecule has 1 aliphatic heterocycles. The molecule has 0 bridgehead atoms. The second-order valence-corrected chi connectivity index (χ2v) is 8.51. The van der Waals surface area contributed by atoms with Gasteiger partial charge < -0.3 is 4.74 Å². The summed E-state index contributed by atoms with van der Waals surface area (Å²) < 4.78 is 57.9. The SMILES string of the molecule is O=C(Oc1cccc(Cl)c1)C1CCN(S(=O)(=O)c2ccc(F)c(F)c2)CC1. The standard InChI is InChI=1S/C18H16ClF2NO4S/c19-13-2-1-3-14(10-13)26-18(23)12-6-8-22(9-7-12)27(24,25)15-4-5-16(20)17(21)11-15/h1-5,10-12H,6-9H2. The highest BCUT2D eigenvalue weighted by Crippen LogP contribution is 2.26. The average Bonchev–Trinajstić information content (AvgIpc) is 2.64. The van der Waals surface area contributed by atoms with Crippen LogP contribution in [-0.4, -0.2) is 31.8 Å². The molecular formula is C18H16ClF2NO4S. The lowest BCUT2D eigenvalue weighted by Gasteiger charge is -2.30. The third kappa shape index (κ3) is 4.45. The summed E-state index contributed by atoms with van der Waals surface area (Å²) in [6.07, 6.45) is 0.532. The van der Waals surface area contributed by atoms with Gasteiger partial charge in [-0.3, -0.25) is 4.79 Å². The Kier molecular flexibility index (Phi) is 5.78. The van der Waals surface area contributed by atoms with Crippen molar-refractivity contribution in [3.8, 4) is 5.75 Å². The van der Waals surface area contributed by atoms with E-state index in [1.54, 1.807) is 18.2 Å². The van der Waals surface area contributed by atoms with Gasteiger partial charge in [-0.1, -0.05) is 17.7 Å². The minimum absolute atomic E-state index is 0.0800. The minimum Gasteiger partial charge on any atom is -0.426 e. The maximum atomic E-state index is 13.4. The van der Waals surface area contributed by atoms with Crippen molar-refractivity contribution in [2.24, 2.45) is 5.92 Å². The first-order valence-electron chi connectivity index (χ1n) is 8.20. The third-order valence-corrected chi connectivity index (χ3v) is 6.46. The molecule has 1 aliphatic rings. The summed E-state index contributed by atoms with van der Waals surface area (Å²) in [6.45, 7) is 0.160. The van der Waals surface area contributed by atoms with Crippen LogP contribution < -0.4 is 4.74 Å². The van der Waals surface area contributed by atoms with Gasteiger partial charge in [0.2, 0.25) is 10.0 Å². The highest BCUT2D eigenvalue weighted by atomic mass is 35.5. The molecule has 0 saturated carbocycles. The summed E-state index contributed by atoms with van der Waals surface area (Å²) in [4.78, 5) is 11.9. The Morgan fingerprint density at radius 3 is 2.41 bits per heavy atom. The molecular weight excluding hydrogens is 400 g/mol. The zero-order valence-corrected chi connectivity index (χ0v) is 15.6. The summed E-state index contributed by atoms with van der Waals surface area (Å²) >= 11 is 5.85. The molecule has 2 aromatic carbocycles. The van der Waals surface area contributed by atoms with Gasteiger partial charge >= 0.3 is 5.97 Å². The zero-order chi connectivity index (χ0) is 19.6. The van der Waals surface area contributed by atoms with Gasteiger partial charge in [-0.15, -0.1) is 0 Å². The Morgan fingerprint density at radius 1 is 1.07 bits per heavy atom. The van der Waals surface area contributed by atoms with Crippen LogP contribution in [0.5, 0.6) is 5.75 Å². The Balaban J connectivity index is 1.64. The molecule has 1 heterocycles. The molecule has 0 radical (unpaired) electrons. The second kappa shape index (κ2) is 7.92. The Hall–Kier alpha value is -2.03. The van der Waals surface area contributed by atoms with E-state index in [1.807, 2.05) is 0 Å². The van der Waals surface area contributed by atoms with Gasteiger partial charge in [0, 0.05) is 18.1 Å². The molecule has 0 aromatic heterocycles. The average molecular weight is 416 g/mol. The number of sulfonamides is 1. The van der Waals surface area contributed by atoms with Gasteiger partial charge in [0.1, 0.15) is 5.75 Å². The highest BCUT2D eigenvalue weighted by molar-refractivity contribution is 7.89. The normalized spacial score (nSPS) is 16.3. The number of ether oxygens (including phenoxy) is 1. The van der Waals surface area contributed by atoms with Crippen LogP contribution in [0, 0.1) is 17.6 Å². The van der Waals surface area contributed by atoms with Crippen molar-refractivity contribution in [1.82, 2.24) is 4.31 Å². The highest BCUT2D eigenvalue weighted by Gasteiger charge is 2.33. The number of rotatable bonds is 4. The minimum atomic E-state index is -3.96. The predicted octanol–water partition coefficient (Wildman–Crippen LogP) is 3.62. The topological polar surface area (TPSA) is 63.7 Å². The maximum Gasteiger partial charge on any atom is 0.314 e. The number of halogens is 3. The number of benzene rings is 2. The van der Waals surface area contributed by atoms with Crippen molar-refractivity contribution >= 4 is 27.6 Å². The number of nitrogens with zero attached hydrogens (tertiary/aromatic N) is 1. The monoisotopic (exact) mass is 415 g/mol. The molecule has 0 aliphatic carbocycles. The lowest BCUT2D eigenvalue weighted by Crippen LogP contribution is -2.41. The van der Waals surface area contributed by atoms with E-state index in [2.05, 4.69) is 0 Å². The van der Waals surface area contributed by atoms with Crippen molar-refractivity contribution < 1.29 is 26.7 Å². The summed E-state index contributed by atoms with van der Waals surface area (Å²) in [5.41, 5.74) is 0. The molecule has 0 N–H and O–H groups in total. The largest absolute Gasteiger partial charge is 0.426 e. The summed E-state index contributed by atoms with van der Waals surface area (Å²) in [5, 5.41) is 0.438. The molecule has 9 heteroatoms. The molecule has 3 rings (SSSR count). The molecule has 2 aromatic rings. The molecule has 27 heavy (non-hydrogen) atoms. The van der Waals surface area contributed by atoms with Gasteiger partial charge in [-0.05, 0) is 49.2 Å². The number of carbonyl (C=O) groups is 1. The quantitative estimate of drug-likeness (QED) is 0.565. The van der Waals surface area contributed by atoms with E-state index in [0.717, 1.165) is 16.4 Å². The van der Waals surface area contributed by atoms with E-state index in [1.165, 1.54) is 6.07 Å². The number of piperidine rings is 1. The van der Waals surface area contributed by atoms with E-state index >= 15 is 0 Å². The van der Waals surface area contributed by atoms with E-state index < -0.39 is 33.5 Å². The molecule has 5 nitrogen and oxygen atoms in total. The first kappa shape index (κ1) is 19.7. The van der Waals surface area contributed by atoms with Crippen LogP contribution >= 0.6 is 11.6 Å². The van der Waals surface area contributed by atoms with Crippen LogP contribution in [0.1, 0.15) is 12.8 Å². The Morgan fingerprint density at radius 2 is 1.78 bits per heavy atom. The molecule has 0 unspecified atom stereocenters. The maximum absolute atomic E-state index is 13.4. The van der Waals surface area contributed by atoms with Crippen molar-refractivity contribution in [3.63, 3.8) is 0 Å². The summed E-state index contributed by atoms with van der Waals surface area (Å²) in [6, 6.07) is 8.88. The summed E-state index contributed by atoms with van der Waals surface area (Å²) in [7, 11) is -3.96. The molecule has 0 spiro atoms. The van der Waals surface area contributed by atoms with Crippen molar-refractivity contribution in [2.45, 2.75) is 17.7 Å². The van der Waals surface area contributed by atoms with Crippen molar-refractivity contribution in [1.29, 1.82) is 0 Å². The van der Waals surface area contributed by atoms with Gasteiger partial charge in [-0.25, -0.2) is 17.2 Å². The Labute approximate surface area is 160 Å². The molecule has 0 amide bonds. The third-order valence-electron chi connectivity index (χ3n) is 4.33. The van der Waals surface area contributed by atoms with Gasteiger partial charge in [0.25, 0.3) is 0 Å². The van der Waals surface area contributed by atoms with E-state index in [-0.39, 0.29) is 30.8 Å². The lowest BCUT2D eigenvalue weighted by molar-refractivity contribution is -0.140. The van der Waals surface area contributed by atoms with E-state index in [9.17, 15) is 22.0 Å². The van der Waals surface area contributed by atoms with Gasteiger partial charge in [0.15, 0.2) is 11.6 Å². The first-order valence-corrected chi connectivity index (χ1v) is 10.0. The Bertz CT molecular complexity index is 960. The van der Waals surface area contributed by atoms with Gasteiger partial charge in [0.05, 0.1) is 10.8 Å². The van der Waals surface area contributed by atoms with E-state index in [4.69, 9.17) is 16.3 Å². The second-order valence-electron chi connectivity index (χ2n) is 6.13. The smallest absolute Gasteiger partial charge is 0.314 e. The molecule has 1 saturated heterocycles. The fourth-order valence-corrected chi connectivity index (χ4v) is 4.51. The van der Waals surface area contributed by atoms with Gasteiger partial charge in [-0.2, -0.15) is 4.31 Å². The van der Waals surface area contributed by atoms with Crippen LogP contribution in [0.25, 0.3) is 0 Å². The van der Waals surface area contributed by atoms with Crippen LogP contribution in [0.4, 0.5) is 8.78 Å². The van der Waals surface area contributed by atoms with Crippen molar-refractivity contribution in [3.05, 3.63) is 59.1 Å². The van der Waals surface area contributed by atoms with Crippen LogP contribution in [0.2, 0.25) is 5.02 Å². The van der Waals surface area contributed by atoms with Crippen LogP contribution in [-0.2, 0) is 14.8 Å². The molecule has 1 fully saturated rings. The number of esters is 1. The van der Waals surface area contributed by atoms with Crippen LogP contribution in [0.3, 0.4) is 0 Å². The fourth-order valence-electron chi connectivity index (χ4n) is 2.85. The number of hydrogen-bond donors (Lipinski definition) is 0. The van der Waals surface area contributed by atoms with Crippen LogP contribution in [0.15, 0.2) is 47.4 Å². The number of hydrogen-bond acceptors (Lipinski definition) is 4. The zero-order valence-electron chi connectivity index (χ0n) is 14.1. The first-order chi connectivity index (χ1) is 12.8.